The van der Waals surface area contributed by atoms with E-state index in [0.717, 1.165) is 30.5 Å². The summed E-state index contributed by atoms with van der Waals surface area (Å²) in [6.45, 7) is 4.81. The molecule has 3 heteroatoms. The smallest absolute Gasteiger partial charge is 0.147 e. The molecule has 0 fully saturated rings. The summed E-state index contributed by atoms with van der Waals surface area (Å²) < 4.78 is 0. The van der Waals surface area contributed by atoms with Crippen LogP contribution in [-0.2, 0) is 11.2 Å². The van der Waals surface area contributed by atoms with Crippen molar-refractivity contribution < 1.29 is 4.79 Å². The van der Waals surface area contributed by atoms with Crippen molar-refractivity contribution in [1.82, 2.24) is 0 Å². The molecule has 2 aromatic rings. The van der Waals surface area contributed by atoms with Crippen LogP contribution in [0.2, 0.25) is 5.02 Å². The van der Waals surface area contributed by atoms with Crippen LogP contribution in [0, 0.1) is 0 Å². The van der Waals surface area contributed by atoms with Crippen molar-refractivity contribution in [2.45, 2.75) is 12.5 Å². The summed E-state index contributed by atoms with van der Waals surface area (Å²) in [5.74, 6) is 0. The quantitative estimate of drug-likeness (QED) is 0.625. The van der Waals surface area contributed by atoms with Crippen LogP contribution in [0.4, 0.5) is 5.69 Å². The van der Waals surface area contributed by atoms with Gasteiger partial charge in [-0.3, -0.25) is 4.79 Å². The molecule has 0 spiro atoms. The third-order valence-corrected chi connectivity index (χ3v) is 4.20. The van der Waals surface area contributed by atoms with Crippen LogP contribution in [0.1, 0.15) is 17.2 Å². The summed E-state index contributed by atoms with van der Waals surface area (Å²) in [6.07, 6.45) is 1.82. The fourth-order valence-corrected chi connectivity index (χ4v) is 3.07. The highest BCUT2D eigenvalue weighted by Gasteiger charge is 2.29. The van der Waals surface area contributed by atoms with Gasteiger partial charge in [0, 0.05) is 22.8 Å². The van der Waals surface area contributed by atoms with Gasteiger partial charge < -0.3 is 4.90 Å². The lowest BCUT2D eigenvalue weighted by Gasteiger charge is -2.39. The molecule has 0 aliphatic carbocycles. The summed E-state index contributed by atoms with van der Waals surface area (Å²) in [5.41, 5.74) is 4.09. The molecule has 1 heterocycles. The lowest BCUT2D eigenvalue weighted by atomic mass is 9.88. The molecule has 0 aromatic heterocycles. The molecule has 0 saturated heterocycles. The van der Waals surface area contributed by atoms with Gasteiger partial charge in [-0.15, -0.1) is 0 Å². The van der Waals surface area contributed by atoms with Crippen molar-refractivity contribution in [3.63, 3.8) is 0 Å². The number of carbonyl (C=O) groups excluding carboxylic acids is 1. The van der Waals surface area contributed by atoms with Crippen LogP contribution in [-0.4, -0.2) is 12.8 Å². The first-order valence-electron chi connectivity index (χ1n) is 6.94. The van der Waals surface area contributed by atoms with Gasteiger partial charge in [-0.05, 0) is 41.8 Å². The van der Waals surface area contributed by atoms with Crippen molar-refractivity contribution in [3.8, 4) is 0 Å². The molecular formula is C18H16ClNO. The number of halogens is 1. The first-order valence-corrected chi connectivity index (χ1v) is 7.32. The van der Waals surface area contributed by atoms with Crippen molar-refractivity contribution in [1.29, 1.82) is 0 Å². The van der Waals surface area contributed by atoms with Crippen LogP contribution in [0.25, 0.3) is 0 Å². The summed E-state index contributed by atoms with van der Waals surface area (Å²) in [4.78, 5) is 13.5. The third-order valence-electron chi connectivity index (χ3n) is 3.94. The molecule has 0 radical (unpaired) electrons. The van der Waals surface area contributed by atoms with E-state index < -0.39 is 0 Å². The van der Waals surface area contributed by atoms with Crippen molar-refractivity contribution in [3.05, 3.63) is 76.8 Å². The first kappa shape index (κ1) is 13.9. The first-order chi connectivity index (χ1) is 10.2. The van der Waals surface area contributed by atoms with Crippen LogP contribution in [0.15, 0.2) is 60.7 Å². The molecule has 0 amide bonds. The number of fused-ring (bicyclic) bond motifs is 1. The van der Waals surface area contributed by atoms with Crippen LogP contribution in [0.5, 0.6) is 0 Å². The van der Waals surface area contributed by atoms with Crippen molar-refractivity contribution >= 4 is 23.6 Å². The Morgan fingerprint density at radius 2 is 1.90 bits per heavy atom. The Kier molecular flexibility index (Phi) is 3.80. The molecule has 3 rings (SSSR count). The minimum absolute atomic E-state index is 0.103. The van der Waals surface area contributed by atoms with E-state index in [4.69, 9.17) is 11.6 Å². The zero-order valence-electron chi connectivity index (χ0n) is 11.6. The highest BCUT2D eigenvalue weighted by molar-refractivity contribution is 6.30. The molecule has 0 bridgehead atoms. The van der Waals surface area contributed by atoms with E-state index in [-0.39, 0.29) is 6.04 Å². The second-order valence-electron chi connectivity index (χ2n) is 5.21. The van der Waals surface area contributed by atoms with Gasteiger partial charge in [-0.2, -0.15) is 0 Å². The van der Waals surface area contributed by atoms with Crippen molar-refractivity contribution in [2.75, 3.05) is 11.4 Å². The predicted octanol–water partition coefficient (Wildman–Crippen LogP) is 4.20. The Hall–Kier alpha value is -2.06. The van der Waals surface area contributed by atoms with E-state index >= 15 is 0 Å². The van der Waals surface area contributed by atoms with Gasteiger partial charge >= 0.3 is 0 Å². The molecule has 2 nitrogen and oxygen atoms in total. The number of nitrogens with zero attached hydrogens (tertiary/aromatic N) is 1. The van der Waals surface area contributed by atoms with Crippen LogP contribution >= 0.6 is 11.6 Å². The van der Waals surface area contributed by atoms with E-state index in [1.165, 1.54) is 5.56 Å². The average Bonchev–Trinajstić information content (AvgIpc) is 2.54. The van der Waals surface area contributed by atoms with Gasteiger partial charge in [0.05, 0.1) is 6.04 Å². The van der Waals surface area contributed by atoms with E-state index in [2.05, 4.69) is 23.6 Å². The Bertz CT molecular complexity index is 678. The SMILES string of the molecule is C=C(C=O)[C@@H]1c2ccccc2CCN1c1ccc(Cl)cc1. The van der Waals surface area contributed by atoms with Crippen LogP contribution in [0.3, 0.4) is 0 Å². The molecule has 21 heavy (non-hydrogen) atoms. The lowest BCUT2D eigenvalue weighted by molar-refractivity contribution is -0.105. The largest absolute Gasteiger partial charge is 0.360 e. The second-order valence-corrected chi connectivity index (χ2v) is 5.65. The maximum absolute atomic E-state index is 11.3. The van der Waals surface area contributed by atoms with Crippen LogP contribution < -0.4 is 4.90 Å². The highest BCUT2D eigenvalue weighted by atomic mass is 35.5. The summed E-state index contributed by atoms with van der Waals surface area (Å²) >= 11 is 5.97. The van der Waals surface area contributed by atoms with Gasteiger partial charge in [-0.1, -0.05) is 42.4 Å². The molecule has 0 unspecified atom stereocenters. The molecule has 1 atom stereocenters. The summed E-state index contributed by atoms with van der Waals surface area (Å²) in [5, 5.41) is 0.710. The minimum Gasteiger partial charge on any atom is -0.360 e. The maximum Gasteiger partial charge on any atom is 0.147 e. The fraction of sp³-hybridized carbons (Fsp3) is 0.167. The van der Waals surface area contributed by atoms with E-state index in [9.17, 15) is 4.79 Å². The number of aldehydes is 1. The van der Waals surface area contributed by atoms with E-state index in [1.54, 1.807) is 0 Å². The Morgan fingerprint density at radius 3 is 2.62 bits per heavy atom. The average molecular weight is 298 g/mol. The number of benzene rings is 2. The zero-order valence-corrected chi connectivity index (χ0v) is 12.4. The highest BCUT2D eigenvalue weighted by Crippen LogP contribution is 2.37. The second kappa shape index (κ2) is 5.74. The zero-order chi connectivity index (χ0) is 14.8. The fourth-order valence-electron chi connectivity index (χ4n) is 2.94. The number of hydrogen-bond donors (Lipinski definition) is 0. The molecule has 1 aliphatic heterocycles. The van der Waals surface area contributed by atoms with Gasteiger partial charge in [-0.25, -0.2) is 0 Å². The molecular weight excluding hydrogens is 282 g/mol. The number of hydrogen-bond acceptors (Lipinski definition) is 2. The van der Waals surface area contributed by atoms with Gasteiger partial charge in [0.2, 0.25) is 0 Å². The summed E-state index contributed by atoms with van der Waals surface area (Å²) in [7, 11) is 0. The van der Waals surface area contributed by atoms with E-state index in [1.807, 2.05) is 36.4 Å². The van der Waals surface area contributed by atoms with Gasteiger partial charge in [0.15, 0.2) is 0 Å². The summed E-state index contributed by atoms with van der Waals surface area (Å²) in [6, 6.07) is 15.9. The molecule has 1 aliphatic rings. The van der Waals surface area contributed by atoms with E-state index in [0.29, 0.717) is 10.6 Å². The Balaban J connectivity index is 2.06. The molecule has 0 N–H and O–H groups in total. The molecule has 0 saturated carbocycles. The predicted molar refractivity (Wildman–Crippen MR) is 86.9 cm³/mol. The van der Waals surface area contributed by atoms with Gasteiger partial charge in [0.25, 0.3) is 0 Å². The number of anilines is 1. The standard InChI is InChI=1S/C18H16ClNO/c1-13(12-21)18-17-5-3-2-4-14(17)10-11-20(18)16-8-6-15(19)7-9-16/h2-9,12,18H,1,10-11H2/t18-/m1/s1. The number of rotatable bonds is 3. The molecule has 2 aromatic carbocycles. The van der Waals surface area contributed by atoms with Gasteiger partial charge in [0.1, 0.15) is 6.29 Å². The topological polar surface area (TPSA) is 20.3 Å². The van der Waals surface area contributed by atoms with Crippen molar-refractivity contribution in [2.24, 2.45) is 0 Å². The lowest BCUT2D eigenvalue weighted by Crippen LogP contribution is -2.36. The third kappa shape index (κ3) is 2.59. The minimum atomic E-state index is -0.103. The Morgan fingerprint density at radius 1 is 1.19 bits per heavy atom. The number of carbonyl (C=O) groups is 1. The molecule has 106 valence electrons. The normalized spacial score (nSPS) is 17.2. The Labute approximate surface area is 129 Å². The maximum atomic E-state index is 11.3. The monoisotopic (exact) mass is 297 g/mol.